The molecule has 2 aromatic carbocycles. The van der Waals surface area contributed by atoms with Crippen LogP contribution in [0.5, 0.6) is 0 Å². The summed E-state index contributed by atoms with van der Waals surface area (Å²) in [7, 11) is 0. The van der Waals surface area contributed by atoms with Crippen molar-refractivity contribution in [1.82, 2.24) is 0 Å². The molecule has 0 heterocycles. The number of hydrogen-bond acceptors (Lipinski definition) is 1. The average molecular weight is 290 g/mol. The lowest BCUT2D eigenvalue weighted by Crippen LogP contribution is -2.35. The summed E-state index contributed by atoms with van der Waals surface area (Å²) in [4.78, 5) is 0. The number of halogens is 1. The van der Waals surface area contributed by atoms with Crippen molar-refractivity contribution in [2.24, 2.45) is 5.73 Å². The predicted octanol–water partition coefficient (Wildman–Crippen LogP) is 3.98. The third-order valence-electron chi connectivity index (χ3n) is 3.13. The Morgan fingerprint density at radius 3 is 2.41 bits per heavy atom. The quantitative estimate of drug-likeness (QED) is 0.889. The molecule has 2 aromatic rings. The Labute approximate surface area is 111 Å². The maximum absolute atomic E-state index is 6.51. The zero-order valence-corrected chi connectivity index (χ0v) is 11.7. The van der Waals surface area contributed by atoms with E-state index in [0.29, 0.717) is 0 Å². The molecule has 0 fully saturated rings. The van der Waals surface area contributed by atoms with Crippen LogP contribution in [0.15, 0.2) is 53.0 Å². The molecule has 2 N–H and O–H groups in total. The molecular formula is C15H16BrN. The summed E-state index contributed by atoms with van der Waals surface area (Å²) >= 11 is 3.49. The van der Waals surface area contributed by atoms with E-state index in [1.165, 1.54) is 5.56 Å². The second kappa shape index (κ2) is 4.63. The van der Waals surface area contributed by atoms with E-state index in [9.17, 15) is 0 Å². The lowest BCUT2D eigenvalue weighted by atomic mass is 9.83. The SMILES string of the molecule is Cc1ccccc1C(C)(N)c1cccc(Br)c1. The number of hydrogen-bond donors (Lipinski definition) is 1. The second-order valence-electron chi connectivity index (χ2n) is 4.53. The van der Waals surface area contributed by atoms with Crippen LogP contribution < -0.4 is 5.73 Å². The van der Waals surface area contributed by atoms with Crippen molar-refractivity contribution in [1.29, 1.82) is 0 Å². The smallest absolute Gasteiger partial charge is 0.0639 e. The lowest BCUT2D eigenvalue weighted by molar-refractivity contribution is 0.598. The predicted molar refractivity (Wildman–Crippen MR) is 76.0 cm³/mol. The van der Waals surface area contributed by atoms with E-state index in [4.69, 9.17) is 5.73 Å². The van der Waals surface area contributed by atoms with Crippen LogP contribution in [0.1, 0.15) is 23.6 Å². The van der Waals surface area contributed by atoms with Gasteiger partial charge in [-0.15, -0.1) is 0 Å². The first-order valence-electron chi connectivity index (χ1n) is 5.63. The molecule has 88 valence electrons. The largest absolute Gasteiger partial charge is 0.318 e. The van der Waals surface area contributed by atoms with Crippen LogP contribution in [0.25, 0.3) is 0 Å². The van der Waals surface area contributed by atoms with Crippen molar-refractivity contribution >= 4 is 15.9 Å². The van der Waals surface area contributed by atoms with Gasteiger partial charge in [0.25, 0.3) is 0 Å². The van der Waals surface area contributed by atoms with E-state index in [1.54, 1.807) is 0 Å². The first-order chi connectivity index (χ1) is 8.01. The van der Waals surface area contributed by atoms with Crippen molar-refractivity contribution in [2.45, 2.75) is 19.4 Å². The summed E-state index contributed by atoms with van der Waals surface area (Å²) in [6, 6.07) is 16.4. The maximum Gasteiger partial charge on any atom is 0.0639 e. The van der Waals surface area contributed by atoms with Crippen LogP contribution in [0.2, 0.25) is 0 Å². The van der Waals surface area contributed by atoms with E-state index in [0.717, 1.165) is 15.6 Å². The van der Waals surface area contributed by atoms with Gasteiger partial charge in [-0.25, -0.2) is 0 Å². The van der Waals surface area contributed by atoms with Gasteiger partial charge in [0.15, 0.2) is 0 Å². The summed E-state index contributed by atoms with van der Waals surface area (Å²) in [6.07, 6.45) is 0. The molecule has 0 amide bonds. The van der Waals surface area contributed by atoms with Gasteiger partial charge in [-0.05, 0) is 42.7 Å². The Bertz CT molecular complexity index is 532. The molecule has 0 aliphatic rings. The Kier molecular flexibility index (Phi) is 3.36. The van der Waals surface area contributed by atoms with Crippen LogP contribution in [-0.4, -0.2) is 0 Å². The summed E-state index contributed by atoms with van der Waals surface area (Å²) < 4.78 is 1.06. The van der Waals surface area contributed by atoms with E-state index >= 15 is 0 Å². The average Bonchev–Trinajstić information content (AvgIpc) is 2.29. The molecule has 1 unspecified atom stereocenters. The number of aryl methyl sites for hydroxylation is 1. The van der Waals surface area contributed by atoms with Crippen molar-refractivity contribution < 1.29 is 0 Å². The fraction of sp³-hybridized carbons (Fsp3) is 0.200. The number of rotatable bonds is 2. The highest BCUT2D eigenvalue weighted by atomic mass is 79.9. The first kappa shape index (κ1) is 12.3. The molecule has 2 rings (SSSR count). The van der Waals surface area contributed by atoms with Crippen LogP contribution >= 0.6 is 15.9 Å². The van der Waals surface area contributed by atoms with Gasteiger partial charge in [0.2, 0.25) is 0 Å². The molecule has 0 saturated heterocycles. The second-order valence-corrected chi connectivity index (χ2v) is 5.44. The molecule has 0 spiro atoms. The summed E-state index contributed by atoms with van der Waals surface area (Å²) in [5.74, 6) is 0. The summed E-state index contributed by atoms with van der Waals surface area (Å²) in [6.45, 7) is 4.15. The molecule has 0 radical (unpaired) electrons. The van der Waals surface area contributed by atoms with E-state index in [2.05, 4.69) is 54.0 Å². The fourth-order valence-electron chi connectivity index (χ4n) is 2.12. The summed E-state index contributed by atoms with van der Waals surface area (Å²) in [5, 5.41) is 0. The monoisotopic (exact) mass is 289 g/mol. The highest BCUT2D eigenvalue weighted by molar-refractivity contribution is 9.10. The normalized spacial score (nSPS) is 14.4. The fourth-order valence-corrected chi connectivity index (χ4v) is 2.52. The van der Waals surface area contributed by atoms with Gasteiger partial charge in [-0.1, -0.05) is 52.3 Å². The van der Waals surface area contributed by atoms with Gasteiger partial charge in [0.05, 0.1) is 5.54 Å². The minimum Gasteiger partial charge on any atom is -0.318 e. The minimum atomic E-state index is -0.463. The molecule has 0 saturated carbocycles. The van der Waals surface area contributed by atoms with E-state index < -0.39 is 5.54 Å². The Morgan fingerprint density at radius 1 is 1.06 bits per heavy atom. The zero-order chi connectivity index (χ0) is 12.5. The highest BCUT2D eigenvalue weighted by Gasteiger charge is 2.25. The van der Waals surface area contributed by atoms with E-state index in [1.807, 2.05) is 24.3 Å². The van der Waals surface area contributed by atoms with Crippen LogP contribution in [-0.2, 0) is 5.54 Å². The molecule has 0 aliphatic carbocycles. The zero-order valence-electron chi connectivity index (χ0n) is 10.1. The molecule has 1 nitrogen and oxygen atoms in total. The number of benzene rings is 2. The Hall–Kier alpha value is -1.12. The van der Waals surface area contributed by atoms with Gasteiger partial charge < -0.3 is 5.73 Å². The van der Waals surface area contributed by atoms with Crippen LogP contribution in [0, 0.1) is 6.92 Å². The topological polar surface area (TPSA) is 26.0 Å². The molecule has 0 bridgehead atoms. The van der Waals surface area contributed by atoms with Crippen molar-refractivity contribution in [3.63, 3.8) is 0 Å². The van der Waals surface area contributed by atoms with Crippen molar-refractivity contribution in [3.8, 4) is 0 Å². The van der Waals surface area contributed by atoms with Gasteiger partial charge in [-0.3, -0.25) is 0 Å². The van der Waals surface area contributed by atoms with E-state index in [-0.39, 0.29) is 0 Å². The molecule has 2 heteroatoms. The number of nitrogens with two attached hydrogens (primary N) is 1. The van der Waals surface area contributed by atoms with Crippen molar-refractivity contribution in [3.05, 3.63) is 69.7 Å². The Morgan fingerprint density at radius 2 is 1.76 bits per heavy atom. The van der Waals surface area contributed by atoms with Gasteiger partial charge in [0, 0.05) is 4.47 Å². The van der Waals surface area contributed by atoms with Crippen LogP contribution in [0.3, 0.4) is 0 Å². The summed E-state index contributed by atoms with van der Waals surface area (Å²) in [5.41, 5.74) is 9.54. The third-order valence-corrected chi connectivity index (χ3v) is 3.62. The molecule has 17 heavy (non-hydrogen) atoms. The maximum atomic E-state index is 6.51. The van der Waals surface area contributed by atoms with Crippen LogP contribution in [0.4, 0.5) is 0 Å². The van der Waals surface area contributed by atoms with Crippen molar-refractivity contribution in [2.75, 3.05) is 0 Å². The molecular weight excluding hydrogens is 274 g/mol. The first-order valence-corrected chi connectivity index (χ1v) is 6.42. The highest BCUT2D eigenvalue weighted by Crippen LogP contribution is 2.30. The molecule has 0 aliphatic heterocycles. The molecule has 0 aromatic heterocycles. The third kappa shape index (κ3) is 2.43. The molecule has 1 atom stereocenters. The minimum absolute atomic E-state index is 0.463. The van der Waals surface area contributed by atoms with Gasteiger partial charge in [-0.2, -0.15) is 0 Å². The Balaban J connectivity index is 2.53. The van der Waals surface area contributed by atoms with Gasteiger partial charge >= 0.3 is 0 Å². The van der Waals surface area contributed by atoms with Gasteiger partial charge in [0.1, 0.15) is 0 Å². The lowest BCUT2D eigenvalue weighted by Gasteiger charge is -2.27. The standard InChI is InChI=1S/C15H16BrN/c1-11-6-3-4-9-14(11)15(2,17)12-7-5-8-13(16)10-12/h3-10H,17H2,1-2H3.